The summed E-state index contributed by atoms with van der Waals surface area (Å²) >= 11 is 0. The summed E-state index contributed by atoms with van der Waals surface area (Å²) in [6.45, 7) is 10.5. The van der Waals surface area contributed by atoms with Gasteiger partial charge in [-0.05, 0) is 52.0 Å². The lowest BCUT2D eigenvalue weighted by Gasteiger charge is -2.36. The largest absolute Gasteiger partial charge is 0.444 e. The van der Waals surface area contributed by atoms with Gasteiger partial charge in [0.1, 0.15) is 5.60 Å². The van der Waals surface area contributed by atoms with Gasteiger partial charge in [0.2, 0.25) is 11.8 Å². The van der Waals surface area contributed by atoms with Crippen molar-refractivity contribution in [3.8, 4) is 0 Å². The van der Waals surface area contributed by atoms with Crippen LogP contribution in [0, 0.1) is 18.8 Å². The maximum atomic E-state index is 13.2. The fourth-order valence-corrected chi connectivity index (χ4v) is 4.48. The maximum Gasteiger partial charge on any atom is 0.410 e. The zero-order valence-electron chi connectivity index (χ0n) is 20.1. The van der Waals surface area contributed by atoms with Gasteiger partial charge in [-0.25, -0.2) is 4.79 Å². The summed E-state index contributed by atoms with van der Waals surface area (Å²) in [6, 6.07) is 8.16. The molecule has 32 heavy (non-hydrogen) atoms. The third-order valence-corrected chi connectivity index (χ3v) is 6.13. The zero-order chi connectivity index (χ0) is 23.5. The van der Waals surface area contributed by atoms with E-state index in [-0.39, 0.29) is 36.2 Å². The molecule has 0 aliphatic carbocycles. The highest BCUT2D eigenvalue weighted by Gasteiger charge is 2.38. The first-order valence-corrected chi connectivity index (χ1v) is 11.6. The van der Waals surface area contributed by atoms with Crippen molar-refractivity contribution in [1.29, 1.82) is 0 Å². The number of hydrogen-bond acceptors (Lipinski definition) is 4. The first-order chi connectivity index (χ1) is 15.0. The van der Waals surface area contributed by atoms with Crippen LogP contribution in [0.2, 0.25) is 0 Å². The number of nitrogens with zero attached hydrogens (tertiary/aromatic N) is 3. The number of amides is 3. The molecule has 0 aromatic heterocycles. The van der Waals surface area contributed by atoms with E-state index in [0.717, 1.165) is 18.4 Å². The van der Waals surface area contributed by atoms with Gasteiger partial charge in [0.25, 0.3) is 0 Å². The van der Waals surface area contributed by atoms with Crippen molar-refractivity contribution >= 4 is 17.9 Å². The molecule has 2 aliphatic heterocycles. The minimum Gasteiger partial charge on any atom is -0.444 e. The molecule has 0 radical (unpaired) electrons. The molecule has 0 spiro atoms. The number of rotatable bonds is 5. The number of benzene rings is 1. The van der Waals surface area contributed by atoms with Crippen LogP contribution in [0.3, 0.4) is 0 Å². The monoisotopic (exact) mass is 443 g/mol. The van der Waals surface area contributed by atoms with Crippen LogP contribution in [-0.2, 0) is 20.9 Å². The summed E-state index contributed by atoms with van der Waals surface area (Å²) < 4.78 is 5.44. The van der Waals surface area contributed by atoms with E-state index in [1.807, 2.05) is 56.9 Å². The molecular weight excluding hydrogens is 406 g/mol. The lowest BCUT2D eigenvalue weighted by atomic mass is 9.96. The van der Waals surface area contributed by atoms with Crippen LogP contribution in [0.25, 0.3) is 0 Å². The van der Waals surface area contributed by atoms with E-state index in [1.165, 1.54) is 5.56 Å². The lowest BCUT2D eigenvalue weighted by Crippen LogP contribution is -2.47. The molecule has 2 aliphatic rings. The molecule has 7 heteroatoms. The second-order valence-corrected chi connectivity index (χ2v) is 10.3. The zero-order valence-corrected chi connectivity index (χ0v) is 20.1. The number of likely N-dealkylation sites (tertiary alicyclic amines) is 2. The van der Waals surface area contributed by atoms with Crippen LogP contribution >= 0.6 is 0 Å². The average molecular weight is 444 g/mol. The molecule has 3 rings (SSSR count). The summed E-state index contributed by atoms with van der Waals surface area (Å²) in [5.41, 5.74) is 1.74. The topological polar surface area (TPSA) is 70.2 Å². The van der Waals surface area contributed by atoms with Crippen LogP contribution in [0.1, 0.15) is 51.2 Å². The fraction of sp³-hybridized carbons (Fsp3) is 0.640. The Morgan fingerprint density at radius 3 is 2.50 bits per heavy atom. The Balaban J connectivity index is 1.53. The molecule has 2 heterocycles. The third-order valence-electron chi connectivity index (χ3n) is 6.13. The molecule has 1 aromatic rings. The molecule has 7 nitrogen and oxygen atoms in total. The van der Waals surface area contributed by atoms with Gasteiger partial charge in [0.05, 0.1) is 5.92 Å². The predicted octanol–water partition coefficient (Wildman–Crippen LogP) is 3.45. The van der Waals surface area contributed by atoms with Gasteiger partial charge in [-0.2, -0.15) is 0 Å². The van der Waals surface area contributed by atoms with Gasteiger partial charge in [-0.3, -0.25) is 9.59 Å². The number of ether oxygens (including phenoxy) is 1. The van der Waals surface area contributed by atoms with Crippen LogP contribution in [-0.4, -0.2) is 71.4 Å². The van der Waals surface area contributed by atoms with Gasteiger partial charge in [0, 0.05) is 46.2 Å². The van der Waals surface area contributed by atoms with E-state index in [1.54, 1.807) is 16.8 Å². The second kappa shape index (κ2) is 9.92. The molecule has 2 fully saturated rings. The van der Waals surface area contributed by atoms with E-state index in [9.17, 15) is 14.4 Å². The highest BCUT2D eigenvalue weighted by atomic mass is 16.6. The first kappa shape index (κ1) is 24.1. The Morgan fingerprint density at radius 2 is 1.84 bits per heavy atom. The van der Waals surface area contributed by atoms with Crippen molar-refractivity contribution in [3.63, 3.8) is 0 Å². The van der Waals surface area contributed by atoms with Crippen LogP contribution in [0.5, 0.6) is 0 Å². The molecule has 3 amide bonds. The molecule has 2 unspecified atom stereocenters. The van der Waals surface area contributed by atoms with E-state index >= 15 is 0 Å². The SMILES string of the molecule is Cc1ccc(CN2CC(C(=O)N3CCCC(CN(C)C(=O)OC(C)(C)C)C3)CC2=O)cc1. The van der Waals surface area contributed by atoms with Crippen molar-refractivity contribution in [2.24, 2.45) is 11.8 Å². The van der Waals surface area contributed by atoms with Crippen molar-refractivity contribution in [1.82, 2.24) is 14.7 Å². The van der Waals surface area contributed by atoms with E-state index in [2.05, 4.69) is 0 Å². The number of piperidine rings is 1. The Hall–Kier alpha value is -2.57. The molecule has 2 saturated heterocycles. The van der Waals surface area contributed by atoms with Gasteiger partial charge < -0.3 is 19.4 Å². The predicted molar refractivity (Wildman–Crippen MR) is 123 cm³/mol. The van der Waals surface area contributed by atoms with Crippen molar-refractivity contribution in [2.45, 2.75) is 59.1 Å². The van der Waals surface area contributed by atoms with Gasteiger partial charge in [-0.15, -0.1) is 0 Å². The Morgan fingerprint density at radius 1 is 1.16 bits per heavy atom. The highest BCUT2D eigenvalue weighted by molar-refractivity contribution is 5.89. The average Bonchev–Trinajstić information content (AvgIpc) is 3.08. The van der Waals surface area contributed by atoms with Crippen LogP contribution < -0.4 is 0 Å². The minimum absolute atomic E-state index is 0.0437. The number of carbonyl (C=O) groups excluding carboxylic acids is 3. The molecule has 0 bridgehead atoms. The molecule has 0 saturated carbocycles. The standard InChI is InChI=1S/C25H37N3O4/c1-18-8-10-19(11-9-18)15-28-17-21(13-22(28)29)23(30)27-12-6-7-20(16-27)14-26(5)24(31)32-25(2,3)4/h8-11,20-21H,6-7,12-17H2,1-5H3. The number of hydrogen-bond donors (Lipinski definition) is 0. The van der Waals surface area contributed by atoms with E-state index in [4.69, 9.17) is 4.74 Å². The Bertz CT molecular complexity index is 831. The minimum atomic E-state index is -0.528. The molecule has 176 valence electrons. The van der Waals surface area contributed by atoms with Crippen molar-refractivity contribution in [2.75, 3.05) is 33.2 Å². The number of aryl methyl sites for hydroxylation is 1. The molecule has 1 aromatic carbocycles. The van der Waals surface area contributed by atoms with Crippen molar-refractivity contribution in [3.05, 3.63) is 35.4 Å². The van der Waals surface area contributed by atoms with Gasteiger partial charge in [-0.1, -0.05) is 29.8 Å². The summed E-state index contributed by atoms with van der Waals surface area (Å²) in [5.74, 6) is 0.0396. The van der Waals surface area contributed by atoms with Crippen molar-refractivity contribution < 1.29 is 19.1 Å². The second-order valence-electron chi connectivity index (χ2n) is 10.3. The summed E-state index contributed by atoms with van der Waals surface area (Å²) in [7, 11) is 1.74. The third kappa shape index (κ3) is 6.47. The molecular formula is C25H37N3O4. The smallest absolute Gasteiger partial charge is 0.410 e. The summed E-state index contributed by atoms with van der Waals surface area (Å²) in [6.07, 6.45) is 1.82. The Labute approximate surface area is 191 Å². The highest BCUT2D eigenvalue weighted by Crippen LogP contribution is 2.26. The normalized spacial score (nSPS) is 21.6. The molecule has 0 N–H and O–H groups in total. The van der Waals surface area contributed by atoms with Gasteiger partial charge in [0.15, 0.2) is 0 Å². The van der Waals surface area contributed by atoms with Crippen LogP contribution in [0.15, 0.2) is 24.3 Å². The van der Waals surface area contributed by atoms with Crippen LogP contribution in [0.4, 0.5) is 4.79 Å². The quantitative estimate of drug-likeness (QED) is 0.699. The summed E-state index contributed by atoms with van der Waals surface area (Å²) in [4.78, 5) is 43.3. The van der Waals surface area contributed by atoms with E-state index < -0.39 is 5.60 Å². The van der Waals surface area contributed by atoms with Gasteiger partial charge >= 0.3 is 6.09 Å². The lowest BCUT2D eigenvalue weighted by molar-refractivity contribution is -0.137. The van der Waals surface area contributed by atoms with E-state index in [0.29, 0.717) is 32.7 Å². The Kier molecular flexibility index (Phi) is 7.47. The maximum absolute atomic E-state index is 13.2. The number of carbonyl (C=O) groups is 3. The fourth-order valence-electron chi connectivity index (χ4n) is 4.48. The summed E-state index contributed by atoms with van der Waals surface area (Å²) in [5, 5.41) is 0. The first-order valence-electron chi connectivity index (χ1n) is 11.6. The molecule has 2 atom stereocenters.